The summed E-state index contributed by atoms with van der Waals surface area (Å²) < 4.78 is 6.22. The molecule has 0 amide bonds. The maximum absolute atomic E-state index is 6.22. The molecule has 1 heterocycles. The highest BCUT2D eigenvalue weighted by atomic mass is 16.5. The van der Waals surface area contributed by atoms with Crippen LogP contribution in [-0.2, 0) is 4.74 Å². The number of hydrogen-bond acceptors (Lipinski definition) is 3. The summed E-state index contributed by atoms with van der Waals surface area (Å²) in [5.41, 5.74) is 3.29. The van der Waals surface area contributed by atoms with Crippen LogP contribution in [0.3, 0.4) is 0 Å². The minimum absolute atomic E-state index is 0.0451. The molecule has 0 aromatic heterocycles. The Hall–Kier alpha value is -0.120. The molecule has 1 aliphatic heterocycles. The van der Waals surface area contributed by atoms with Crippen LogP contribution in [0, 0.1) is 17.3 Å². The molecule has 0 spiro atoms. The van der Waals surface area contributed by atoms with Crippen molar-refractivity contribution < 1.29 is 4.74 Å². The van der Waals surface area contributed by atoms with Crippen LogP contribution < -0.4 is 11.3 Å². The normalized spacial score (nSPS) is 28.4. The van der Waals surface area contributed by atoms with Crippen molar-refractivity contribution in [3.8, 4) is 0 Å². The van der Waals surface area contributed by atoms with Gasteiger partial charge in [-0.2, -0.15) is 0 Å². The van der Waals surface area contributed by atoms with E-state index in [9.17, 15) is 0 Å². The van der Waals surface area contributed by atoms with E-state index in [-0.39, 0.29) is 11.2 Å². The van der Waals surface area contributed by atoms with Gasteiger partial charge in [-0.15, -0.1) is 0 Å². The van der Waals surface area contributed by atoms with Gasteiger partial charge in [-0.05, 0) is 58.3 Å². The Morgan fingerprint density at radius 1 is 1.25 bits per heavy atom. The summed E-state index contributed by atoms with van der Waals surface area (Å²) in [5, 5.41) is 0. The minimum Gasteiger partial charge on any atom is -0.369 e. The molecule has 120 valence electrons. The van der Waals surface area contributed by atoms with Gasteiger partial charge in [-0.1, -0.05) is 27.7 Å². The summed E-state index contributed by atoms with van der Waals surface area (Å²) in [7, 11) is 0. The van der Waals surface area contributed by atoms with Crippen molar-refractivity contribution in [2.75, 3.05) is 0 Å². The second-order valence-corrected chi connectivity index (χ2v) is 9.15. The molecule has 3 atom stereocenters. The average Bonchev–Trinajstić information content (AvgIpc) is 2.40. The first kappa shape index (κ1) is 17.9. The molecule has 0 aromatic rings. The zero-order valence-corrected chi connectivity index (χ0v) is 14.8. The highest BCUT2D eigenvalue weighted by Gasteiger charge is 2.48. The molecule has 3 N–H and O–H groups in total. The van der Waals surface area contributed by atoms with Crippen LogP contribution in [0.15, 0.2) is 0 Å². The van der Waals surface area contributed by atoms with Crippen molar-refractivity contribution in [1.82, 2.24) is 5.43 Å². The van der Waals surface area contributed by atoms with Gasteiger partial charge in [0.2, 0.25) is 0 Å². The third kappa shape index (κ3) is 5.01. The molecule has 1 aliphatic rings. The maximum Gasteiger partial charge on any atom is 0.0678 e. The quantitative estimate of drug-likeness (QED) is 0.595. The highest BCUT2D eigenvalue weighted by molar-refractivity contribution is 4.99. The Balaban J connectivity index is 2.71. The maximum atomic E-state index is 6.22. The van der Waals surface area contributed by atoms with Gasteiger partial charge in [-0.3, -0.25) is 11.3 Å². The van der Waals surface area contributed by atoms with E-state index in [0.29, 0.717) is 23.3 Å². The fourth-order valence-electron chi connectivity index (χ4n) is 4.14. The molecule has 1 fully saturated rings. The fourth-order valence-corrected chi connectivity index (χ4v) is 4.14. The number of nitrogens with two attached hydrogens (primary N) is 1. The number of nitrogens with one attached hydrogen (secondary N) is 1. The first-order valence-electron chi connectivity index (χ1n) is 8.03. The van der Waals surface area contributed by atoms with Crippen molar-refractivity contribution in [3.05, 3.63) is 0 Å². The SMILES string of the molecule is CC(CC(NN)C1CC(C)(C)OC1(C)C)CC(C)(C)C. The molecule has 3 heteroatoms. The molecule has 3 nitrogen and oxygen atoms in total. The van der Waals surface area contributed by atoms with Crippen LogP contribution in [-0.4, -0.2) is 17.2 Å². The molecule has 0 aliphatic carbocycles. The highest BCUT2D eigenvalue weighted by Crippen LogP contribution is 2.44. The first-order valence-corrected chi connectivity index (χ1v) is 8.03. The van der Waals surface area contributed by atoms with Gasteiger partial charge in [0, 0.05) is 12.0 Å². The van der Waals surface area contributed by atoms with Gasteiger partial charge in [0.15, 0.2) is 0 Å². The first-order chi connectivity index (χ1) is 8.86. The predicted octanol–water partition coefficient (Wildman–Crippen LogP) is 3.87. The van der Waals surface area contributed by atoms with E-state index in [1.807, 2.05) is 0 Å². The van der Waals surface area contributed by atoms with Crippen molar-refractivity contribution >= 4 is 0 Å². The predicted molar refractivity (Wildman–Crippen MR) is 86.3 cm³/mol. The molecule has 0 saturated carbocycles. The van der Waals surface area contributed by atoms with Gasteiger partial charge in [0.25, 0.3) is 0 Å². The van der Waals surface area contributed by atoms with E-state index >= 15 is 0 Å². The molecule has 20 heavy (non-hydrogen) atoms. The smallest absolute Gasteiger partial charge is 0.0678 e. The van der Waals surface area contributed by atoms with Crippen LogP contribution in [0.1, 0.15) is 74.7 Å². The zero-order valence-electron chi connectivity index (χ0n) is 14.8. The van der Waals surface area contributed by atoms with Crippen molar-refractivity contribution in [3.63, 3.8) is 0 Å². The molecule has 1 rings (SSSR count). The fraction of sp³-hybridized carbons (Fsp3) is 1.00. The Morgan fingerprint density at radius 2 is 1.80 bits per heavy atom. The van der Waals surface area contributed by atoms with Crippen LogP contribution in [0.2, 0.25) is 0 Å². The van der Waals surface area contributed by atoms with E-state index in [2.05, 4.69) is 60.8 Å². The lowest BCUT2D eigenvalue weighted by molar-refractivity contribution is -0.0783. The third-order valence-electron chi connectivity index (χ3n) is 4.46. The number of hydrazine groups is 1. The van der Waals surface area contributed by atoms with Gasteiger partial charge < -0.3 is 4.74 Å². The minimum atomic E-state index is -0.109. The van der Waals surface area contributed by atoms with E-state index in [1.54, 1.807) is 0 Å². The van der Waals surface area contributed by atoms with E-state index in [4.69, 9.17) is 10.6 Å². The number of hydrogen-bond donors (Lipinski definition) is 2. The molecule has 1 saturated heterocycles. The zero-order chi connectivity index (χ0) is 15.8. The Morgan fingerprint density at radius 3 is 2.15 bits per heavy atom. The Kier molecular flexibility index (Phi) is 5.32. The topological polar surface area (TPSA) is 47.3 Å². The molecule has 0 aromatic carbocycles. The Bertz CT molecular complexity index is 317. The van der Waals surface area contributed by atoms with Crippen LogP contribution in [0.4, 0.5) is 0 Å². The van der Waals surface area contributed by atoms with Crippen LogP contribution >= 0.6 is 0 Å². The number of ether oxygens (including phenoxy) is 1. The van der Waals surface area contributed by atoms with E-state index < -0.39 is 0 Å². The molecular weight excluding hydrogens is 248 g/mol. The summed E-state index contributed by atoms with van der Waals surface area (Å²) in [4.78, 5) is 0. The van der Waals surface area contributed by atoms with Crippen LogP contribution in [0.25, 0.3) is 0 Å². The summed E-state index contributed by atoms with van der Waals surface area (Å²) in [6.07, 6.45) is 3.40. The summed E-state index contributed by atoms with van der Waals surface area (Å²) >= 11 is 0. The third-order valence-corrected chi connectivity index (χ3v) is 4.46. The lowest BCUT2D eigenvalue weighted by Crippen LogP contribution is -2.48. The lowest BCUT2D eigenvalue weighted by Gasteiger charge is -2.35. The second-order valence-electron chi connectivity index (χ2n) is 9.15. The second kappa shape index (κ2) is 5.94. The monoisotopic (exact) mass is 284 g/mol. The van der Waals surface area contributed by atoms with Gasteiger partial charge in [-0.25, -0.2) is 0 Å². The van der Waals surface area contributed by atoms with E-state index in [1.165, 1.54) is 6.42 Å². The molecular formula is C17H36N2O. The summed E-state index contributed by atoms with van der Waals surface area (Å²) in [6, 6.07) is 0.323. The Labute approximate surface area is 126 Å². The average molecular weight is 284 g/mol. The molecule has 3 unspecified atom stereocenters. The van der Waals surface area contributed by atoms with Crippen molar-refractivity contribution in [1.29, 1.82) is 0 Å². The molecule has 0 bridgehead atoms. The van der Waals surface area contributed by atoms with Crippen molar-refractivity contribution in [2.24, 2.45) is 23.1 Å². The van der Waals surface area contributed by atoms with Crippen molar-refractivity contribution in [2.45, 2.75) is 91.9 Å². The van der Waals surface area contributed by atoms with Crippen LogP contribution in [0.5, 0.6) is 0 Å². The van der Waals surface area contributed by atoms with Gasteiger partial charge >= 0.3 is 0 Å². The standard InChI is InChI=1S/C17H36N2O/c1-12(10-15(2,3)4)9-14(19-18)13-11-16(5,6)20-17(13,7)8/h12-14,19H,9-11,18H2,1-8H3. The largest absolute Gasteiger partial charge is 0.369 e. The lowest BCUT2D eigenvalue weighted by atomic mass is 9.76. The van der Waals surface area contributed by atoms with Gasteiger partial charge in [0.05, 0.1) is 11.2 Å². The van der Waals surface area contributed by atoms with Gasteiger partial charge in [0.1, 0.15) is 0 Å². The molecule has 0 radical (unpaired) electrons. The summed E-state index contributed by atoms with van der Waals surface area (Å²) in [6.45, 7) is 18.0. The van der Waals surface area contributed by atoms with E-state index in [0.717, 1.165) is 12.8 Å². The number of rotatable bonds is 5. The summed E-state index contributed by atoms with van der Waals surface area (Å²) in [5.74, 6) is 6.99.